The van der Waals surface area contributed by atoms with E-state index in [-0.39, 0.29) is 5.03 Å². The Kier molecular flexibility index (Phi) is 4.60. The second kappa shape index (κ2) is 5.96. The third kappa shape index (κ3) is 2.74. The van der Waals surface area contributed by atoms with Crippen LogP contribution in [0.1, 0.15) is 0 Å². The van der Waals surface area contributed by atoms with Crippen LogP contribution in [0, 0.1) is 22.7 Å². The normalized spacial score (nSPS) is 10.7. The van der Waals surface area contributed by atoms with Crippen LogP contribution in [0.3, 0.4) is 0 Å². The zero-order valence-corrected chi connectivity index (χ0v) is 10.5. The molecule has 1 rings (SSSR count). The molecule has 1 aromatic heterocycles. The average Bonchev–Trinajstić information content (AvgIpc) is 2.38. The van der Waals surface area contributed by atoms with E-state index >= 15 is 0 Å². The van der Waals surface area contributed by atoms with Gasteiger partial charge in [0.1, 0.15) is 13.1 Å². The van der Waals surface area contributed by atoms with E-state index in [0.29, 0.717) is 5.69 Å². The molecule has 0 aliphatic carbocycles. The second-order valence-electron chi connectivity index (χ2n) is 3.20. The summed E-state index contributed by atoms with van der Waals surface area (Å²) < 4.78 is 25.2. The molecule has 0 aliphatic heterocycles. The first-order valence-electron chi connectivity index (χ1n) is 4.94. The number of hydrogen-bond acceptors (Lipinski definition) is 6. The predicted octanol–water partition coefficient (Wildman–Crippen LogP) is 0.161. The number of pyridine rings is 1. The Morgan fingerprint density at radius 2 is 2.00 bits per heavy atom. The predicted molar refractivity (Wildman–Crippen MR) is 63.8 cm³/mol. The van der Waals surface area contributed by atoms with E-state index in [0.717, 1.165) is 4.31 Å². The highest BCUT2D eigenvalue weighted by atomic mass is 32.2. The van der Waals surface area contributed by atoms with Crippen LogP contribution in [0.15, 0.2) is 23.4 Å². The van der Waals surface area contributed by atoms with E-state index in [2.05, 4.69) is 10.3 Å². The van der Waals surface area contributed by atoms with Crippen molar-refractivity contribution in [1.29, 1.82) is 10.5 Å². The van der Waals surface area contributed by atoms with Crippen molar-refractivity contribution in [2.24, 2.45) is 0 Å². The highest BCUT2D eigenvalue weighted by molar-refractivity contribution is 7.89. The van der Waals surface area contributed by atoms with Gasteiger partial charge in [-0.05, 0) is 12.1 Å². The van der Waals surface area contributed by atoms with E-state index < -0.39 is 23.1 Å². The van der Waals surface area contributed by atoms with Crippen LogP contribution in [0.25, 0.3) is 0 Å². The fraction of sp³-hybridized carbons (Fsp3) is 0.300. The summed E-state index contributed by atoms with van der Waals surface area (Å²) in [4.78, 5) is 3.80. The number of aromatic nitrogens is 1. The molecule has 0 fully saturated rings. The fourth-order valence-corrected chi connectivity index (χ4v) is 2.63. The lowest BCUT2D eigenvalue weighted by Gasteiger charge is -2.16. The molecule has 1 heterocycles. The lowest BCUT2D eigenvalue weighted by Crippen LogP contribution is -2.32. The third-order valence-corrected chi connectivity index (χ3v) is 3.87. The monoisotopic (exact) mass is 265 g/mol. The van der Waals surface area contributed by atoms with Gasteiger partial charge in [0.15, 0.2) is 5.03 Å². The van der Waals surface area contributed by atoms with Crippen LogP contribution in [-0.4, -0.2) is 37.8 Å². The van der Waals surface area contributed by atoms with Crippen molar-refractivity contribution < 1.29 is 8.42 Å². The minimum atomic E-state index is -3.95. The van der Waals surface area contributed by atoms with Crippen molar-refractivity contribution in [2.45, 2.75) is 5.03 Å². The van der Waals surface area contributed by atoms with Gasteiger partial charge in [0, 0.05) is 13.2 Å². The Morgan fingerprint density at radius 3 is 2.50 bits per heavy atom. The van der Waals surface area contributed by atoms with E-state index in [1.807, 2.05) is 0 Å². The van der Waals surface area contributed by atoms with E-state index in [9.17, 15) is 8.42 Å². The van der Waals surface area contributed by atoms with Crippen LogP contribution in [0.5, 0.6) is 0 Å². The number of nitriles is 2. The summed E-state index contributed by atoms with van der Waals surface area (Å²) in [6, 6.07) is 6.57. The SMILES string of the molecule is CNc1cccnc1S(=O)(=O)N(CC#N)CC#N. The maximum absolute atomic E-state index is 12.2. The first-order chi connectivity index (χ1) is 8.57. The van der Waals surface area contributed by atoms with Crippen molar-refractivity contribution in [3.63, 3.8) is 0 Å². The molecule has 1 N–H and O–H groups in total. The summed E-state index contributed by atoms with van der Waals surface area (Å²) in [6.07, 6.45) is 1.34. The summed E-state index contributed by atoms with van der Waals surface area (Å²) >= 11 is 0. The van der Waals surface area contributed by atoms with E-state index in [1.54, 1.807) is 31.3 Å². The first-order valence-corrected chi connectivity index (χ1v) is 6.38. The summed E-state index contributed by atoms with van der Waals surface area (Å²) in [7, 11) is -2.39. The maximum atomic E-state index is 12.2. The molecule has 8 heteroatoms. The molecule has 0 bridgehead atoms. The third-order valence-electron chi connectivity index (χ3n) is 2.12. The number of rotatable bonds is 5. The van der Waals surface area contributed by atoms with Gasteiger partial charge in [-0.25, -0.2) is 13.4 Å². The van der Waals surface area contributed by atoms with Crippen molar-refractivity contribution in [3.05, 3.63) is 18.3 Å². The number of hydrogen-bond donors (Lipinski definition) is 1. The van der Waals surface area contributed by atoms with Crippen LogP contribution < -0.4 is 5.32 Å². The Hall–Kier alpha value is -2.16. The molecule has 94 valence electrons. The summed E-state index contributed by atoms with van der Waals surface area (Å²) in [5, 5.41) is 19.7. The van der Waals surface area contributed by atoms with Crippen molar-refractivity contribution in [3.8, 4) is 12.1 Å². The molecule has 0 unspecified atom stereocenters. The van der Waals surface area contributed by atoms with Crippen LogP contribution in [0.4, 0.5) is 5.69 Å². The highest BCUT2D eigenvalue weighted by Crippen LogP contribution is 2.21. The van der Waals surface area contributed by atoms with Crippen LogP contribution >= 0.6 is 0 Å². The first kappa shape index (κ1) is 13.9. The number of nitrogens with one attached hydrogen (secondary N) is 1. The van der Waals surface area contributed by atoms with Gasteiger partial charge in [-0.2, -0.15) is 14.8 Å². The van der Waals surface area contributed by atoms with Gasteiger partial charge in [0.25, 0.3) is 10.0 Å². The molecule has 0 atom stereocenters. The van der Waals surface area contributed by atoms with Crippen LogP contribution in [-0.2, 0) is 10.0 Å². The van der Waals surface area contributed by atoms with Gasteiger partial charge in [-0.3, -0.25) is 0 Å². The molecular formula is C10H11N5O2S. The summed E-state index contributed by atoms with van der Waals surface area (Å²) in [5.74, 6) is 0. The van der Waals surface area contributed by atoms with Crippen molar-refractivity contribution >= 4 is 15.7 Å². The fourth-order valence-electron chi connectivity index (χ4n) is 1.29. The number of anilines is 1. The number of sulfonamides is 1. The van der Waals surface area contributed by atoms with Gasteiger partial charge in [0.05, 0.1) is 17.8 Å². The summed E-state index contributed by atoms with van der Waals surface area (Å²) in [5.41, 5.74) is 0.318. The van der Waals surface area contributed by atoms with Gasteiger partial charge in [-0.15, -0.1) is 0 Å². The summed E-state index contributed by atoms with van der Waals surface area (Å²) in [6.45, 7) is -0.786. The van der Waals surface area contributed by atoms with Crippen molar-refractivity contribution in [2.75, 3.05) is 25.5 Å². The molecular weight excluding hydrogens is 254 g/mol. The molecule has 0 saturated carbocycles. The highest BCUT2D eigenvalue weighted by Gasteiger charge is 2.27. The Labute approximate surface area is 105 Å². The van der Waals surface area contributed by atoms with E-state index in [4.69, 9.17) is 10.5 Å². The van der Waals surface area contributed by atoms with Gasteiger partial charge in [0.2, 0.25) is 0 Å². The standard InChI is InChI=1S/C10H11N5O2S/c1-13-9-3-2-6-14-10(9)18(16,17)15(7-4-11)8-5-12/h2-3,6,13H,7-8H2,1H3. The lowest BCUT2D eigenvalue weighted by molar-refractivity contribution is 0.477. The maximum Gasteiger partial charge on any atom is 0.264 e. The van der Waals surface area contributed by atoms with Crippen LogP contribution in [0.2, 0.25) is 0 Å². The largest absolute Gasteiger partial charge is 0.386 e. The Morgan fingerprint density at radius 1 is 1.39 bits per heavy atom. The molecule has 18 heavy (non-hydrogen) atoms. The number of nitrogens with zero attached hydrogens (tertiary/aromatic N) is 4. The smallest absolute Gasteiger partial charge is 0.264 e. The molecule has 0 amide bonds. The van der Waals surface area contributed by atoms with E-state index in [1.165, 1.54) is 6.20 Å². The minimum absolute atomic E-state index is 0.196. The molecule has 0 spiro atoms. The quantitative estimate of drug-likeness (QED) is 0.759. The Bertz CT molecular complexity index is 583. The zero-order valence-electron chi connectivity index (χ0n) is 9.66. The minimum Gasteiger partial charge on any atom is -0.386 e. The molecule has 0 aliphatic rings. The average molecular weight is 265 g/mol. The molecule has 0 radical (unpaired) electrons. The van der Waals surface area contributed by atoms with Gasteiger partial charge >= 0.3 is 0 Å². The topological polar surface area (TPSA) is 110 Å². The zero-order chi connectivity index (χ0) is 13.6. The molecule has 0 saturated heterocycles. The Balaban J connectivity index is 3.28. The molecule has 0 aromatic carbocycles. The van der Waals surface area contributed by atoms with Gasteiger partial charge < -0.3 is 5.32 Å². The molecule has 1 aromatic rings. The lowest BCUT2D eigenvalue weighted by atomic mass is 10.4. The molecule has 7 nitrogen and oxygen atoms in total. The van der Waals surface area contributed by atoms with Crippen molar-refractivity contribution in [1.82, 2.24) is 9.29 Å². The van der Waals surface area contributed by atoms with Gasteiger partial charge in [-0.1, -0.05) is 0 Å². The second-order valence-corrected chi connectivity index (χ2v) is 5.05.